The molecule has 2 unspecified atom stereocenters. The highest BCUT2D eigenvalue weighted by Gasteiger charge is 2.62. The van der Waals surface area contributed by atoms with Crippen LogP contribution < -0.4 is 0 Å². The van der Waals surface area contributed by atoms with Gasteiger partial charge in [0.1, 0.15) is 18.0 Å². The van der Waals surface area contributed by atoms with Gasteiger partial charge in [0.25, 0.3) is 0 Å². The van der Waals surface area contributed by atoms with Crippen LogP contribution in [-0.4, -0.2) is 80.3 Å². The summed E-state index contributed by atoms with van der Waals surface area (Å²) in [6.07, 6.45) is -11.6. The van der Waals surface area contributed by atoms with Gasteiger partial charge in [-0.05, 0) is 6.92 Å². The van der Waals surface area contributed by atoms with Gasteiger partial charge in [-0.15, -0.1) is 0 Å². The molecular formula is C12H18F2O8. The number of hydrogen-bond acceptors (Lipinski definition) is 7. The van der Waals surface area contributed by atoms with E-state index in [9.17, 15) is 33.7 Å². The van der Waals surface area contributed by atoms with Gasteiger partial charge >= 0.3 is 11.8 Å². The van der Waals surface area contributed by atoms with Crippen LogP contribution in [0.5, 0.6) is 0 Å². The topological polar surface area (TPSA) is 145 Å². The van der Waals surface area contributed by atoms with Crippen molar-refractivity contribution in [3.8, 4) is 0 Å². The molecule has 5 N–H and O–H groups in total. The van der Waals surface area contributed by atoms with Crippen LogP contribution in [0.4, 0.5) is 8.78 Å². The fourth-order valence-electron chi connectivity index (χ4n) is 2.37. The van der Waals surface area contributed by atoms with Crippen LogP contribution in [0, 0.1) is 5.92 Å². The largest absolute Gasteiger partial charge is 0.477 e. The molecule has 1 saturated heterocycles. The van der Waals surface area contributed by atoms with Gasteiger partial charge in [-0.25, -0.2) is 9.18 Å². The fourth-order valence-corrected chi connectivity index (χ4v) is 2.37. The minimum absolute atomic E-state index is 0.544. The highest BCUT2D eigenvalue weighted by molar-refractivity contribution is 5.77. The fraction of sp³-hybridized carbons (Fsp3) is 0.833. The van der Waals surface area contributed by atoms with Gasteiger partial charge in [-0.3, -0.25) is 0 Å². The number of ether oxygens (including phenoxy) is 1. The lowest BCUT2D eigenvalue weighted by Gasteiger charge is -2.45. The smallest absolute Gasteiger partial charge is 0.372 e. The summed E-state index contributed by atoms with van der Waals surface area (Å²) in [6.45, 7) is 0.107. The van der Waals surface area contributed by atoms with E-state index in [-0.39, 0.29) is 0 Å². The van der Waals surface area contributed by atoms with Crippen LogP contribution in [-0.2, 0) is 14.3 Å². The second kappa shape index (κ2) is 6.92. The van der Waals surface area contributed by atoms with Crippen LogP contribution in [0.2, 0.25) is 0 Å². The third kappa shape index (κ3) is 3.41. The van der Waals surface area contributed by atoms with Gasteiger partial charge in [-0.2, -0.15) is 4.39 Å². The van der Waals surface area contributed by atoms with Gasteiger partial charge < -0.3 is 35.1 Å². The van der Waals surface area contributed by atoms with Crippen molar-refractivity contribution in [2.75, 3.05) is 6.61 Å². The summed E-state index contributed by atoms with van der Waals surface area (Å²) in [5.74, 6) is -8.37. The molecule has 1 rings (SSSR count). The molecule has 1 fully saturated rings. The number of alkyl halides is 2. The lowest BCUT2D eigenvalue weighted by atomic mass is 9.80. The summed E-state index contributed by atoms with van der Waals surface area (Å²) in [5, 5.41) is 46.5. The molecule has 0 aliphatic carbocycles. The van der Waals surface area contributed by atoms with E-state index in [2.05, 4.69) is 4.74 Å². The van der Waals surface area contributed by atoms with E-state index < -0.39 is 67.1 Å². The number of carbonyl (C=O) groups is 2. The number of ketones is 1. The Bertz CT molecular complexity index is 433. The Kier molecular flexibility index (Phi) is 5.93. The van der Waals surface area contributed by atoms with Gasteiger partial charge in [-0.1, -0.05) is 0 Å². The Hall–Kier alpha value is -1.20. The highest BCUT2D eigenvalue weighted by Crippen LogP contribution is 2.40. The first-order valence-electron chi connectivity index (χ1n) is 6.45. The number of rotatable bonds is 6. The first kappa shape index (κ1) is 18.8. The van der Waals surface area contributed by atoms with E-state index in [1.165, 1.54) is 0 Å². The monoisotopic (exact) mass is 328 g/mol. The molecule has 22 heavy (non-hydrogen) atoms. The number of hydrogen-bond donors (Lipinski definition) is 5. The van der Waals surface area contributed by atoms with Gasteiger partial charge in [0, 0.05) is 12.3 Å². The maximum absolute atomic E-state index is 14.1. The molecule has 10 heteroatoms. The summed E-state index contributed by atoms with van der Waals surface area (Å²) in [4.78, 5) is 22.0. The zero-order chi connectivity index (χ0) is 17.2. The van der Waals surface area contributed by atoms with Crippen molar-refractivity contribution in [2.45, 2.75) is 49.8 Å². The standard InChI is InChI=1S/C12H18F2O8/c1-4(16)2-5-7(18)10(13)12(14,11(20)21)22-9(5)8(19)6(17)3-15/h5-10,15,17-19H,2-3H2,1H3,(H,20,21)/t5-,6-,7+,8-,9?,10?,12-/m1/s1. The average Bonchev–Trinajstić information content (AvgIpc) is 2.45. The molecule has 7 atom stereocenters. The number of aliphatic hydroxyl groups is 4. The molecule has 1 heterocycles. The average molecular weight is 328 g/mol. The van der Waals surface area contributed by atoms with Crippen molar-refractivity contribution in [1.82, 2.24) is 0 Å². The number of carboxylic acid groups (broad SMARTS) is 1. The summed E-state index contributed by atoms with van der Waals surface area (Å²) < 4.78 is 32.4. The molecular weight excluding hydrogens is 310 g/mol. The Balaban J connectivity index is 3.19. The second-order valence-corrected chi connectivity index (χ2v) is 5.24. The van der Waals surface area contributed by atoms with Crippen molar-refractivity contribution in [1.29, 1.82) is 0 Å². The molecule has 0 bridgehead atoms. The van der Waals surface area contributed by atoms with Gasteiger partial charge in [0.2, 0.25) is 0 Å². The van der Waals surface area contributed by atoms with Gasteiger partial charge in [0.05, 0.1) is 18.8 Å². The molecule has 0 aromatic carbocycles. The van der Waals surface area contributed by atoms with E-state index in [1.807, 2.05) is 0 Å². The first-order valence-corrected chi connectivity index (χ1v) is 6.45. The normalized spacial score (nSPS) is 38.3. The minimum atomic E-state index is -3.95. The van der Waals surface area contributed by atoms with Crippen LogP contribution in [0.25, 0.3) is 0 Å². The predicted octanol–water partition coefficient (Wildman–Crippen LogP) is -1.86. The molecule has 0 aromatic rings. The SMILES string of the molecule is CC(=O)C[C@H]1C([C@H](O)[C@H](O)CO)O[C@@](F)(C(=O)O)C(F)[C@H]1O. The Labute approximate surface area is 123 Å². The molecule has 1 aliphatic rings. The van der Waals surface area contributed by atoms with E-state index in [0.29, 0.717) is 0 Å². The van der Waals surface area contributed by atoms with E-state index >= 15 is 0 Å². The lowest BCUT2D eigenvalue weighted by Crippen LogP contribution is -2.65. The molecule has 128 valence electrons. The molecule has 0 saturated carbocycles. The van der Waals surface area contributed by atoms with E-state index in [4.69, 9.17) is 10.2 Å². The van der Waals surface area contributed by atoms with Crippen LogP contribution in [0.15, 0.2) is 0 Å². The summed E-state index contributed by atoms with van der Waals surface area (Å²) in [6, 6.07) is 0. The predicted molar refractivity (Wildman–Crippen MR) is 65.1 cm³/mol. The first-order chi connectivity index (χ1) is 10.1. The van der Waals surface area contributed by atoms with Crippen molar-refractivity contribution in [3.05, 3.63) is 0 Å². The minimum Gasteiger partial charge on any atom is -0.477 e. The highest BCUT2D eigenvalue weighted by atomic mass is 19.2. The van der Waals surface area contributed by atoms with Crippen LogP contribution in [0.3, 0.4) is 0 Å². The Morgan fingerprint density at radius 3 is 2.32 bits per heavy atom. The molecule has 0 amide bonds. The zero-order valence-electron chi connectivity index (χ0n) is 11.6. The van der Waals surface area contributed by atoms with Gasteiger partial charge in [0.15, 0.2) is 6.17 Å². The third-order valence-electron chi connectivity index (χ3n) is 3.56. The van der Waals surface area contributed by atoms with Crippen LogP contribution >= 0.6 is 0 Å². The molecule has 1 aliphatic heterocycles. The van der Waals surface area contributed by atoms with Crippen molar-refractivity contribution >= 4 is 11.8 Å². The molecule has 0 aromatic heterocycles. The summed E-state index contributed by atoms with van der Waals surface area (Å²) in [7, 11) is 0. The maximum Gasteiger partial charge on any atom is 0.372 e. The lowest BCUT2D eigenvalue weighted by molar-refractivity contribution is -0.303. The van der Waals surface area contributed by atoms with Crippen molar-refractivity contribution in [3.63, 3.8) is 0 Å². The van der Waals surface area contributed by atoms with E-state index in [1.54, 1.807) is 0 Å². The molecule has 0 radical (unpaired) electrons. The molecule has 0 spiro atoms. The number of halogens is 2. The van der Waals surface area contributed by atoms with Crippen LogP contribution in [0.1, 0.15) is 13.3 Å². The number of aliphatic hydroxyl groups excluding tert-OH is 4. The number of carboxylic acids is 1. The van der Waals surface area contributed by atoms with Crippen molar-refractivity contribution < 1.29 is 48.6 Å². The Morgan fingerprint density at radius 2 is 1.91 bits per heavy atom. The summed E-state index contributed by atoms with van der Waals surface area (Å²) >= 11 is 0. The Morgan fingerprint density at radius 1 is 1.36 bits per heavy atom. The number of carbonyl (C=O) groups excluding carboxylic acids is 1. The second-order valence-electron chi connectivity index (χ2n) is 5.24. The maximum atomic E-state index is 14.1. The summed E-state index contributed by atoms with van der Waals surface area (Å²) in [5.41, 5.74) is 0. The van der Waals surface area contributed by atoms with E-state index in [0.717, 1.165) is 6.92 Å². The third-order valence-corrected chi connectivity index (χ3v) is 3.56. The number of Topliss-reactive ketones (excluding diaryl/α,β-unsaturated/α-hetero) is 1. The zero-order valence-corrected chi connectivity index (χ0v) is 11.6. The number of aliphatic carboxylic acids is 1. The quantitative estimate of drug-likeness (QED) is 0.382. The molecule has 8 nitrogen and oxygen atoms in total. The van der Waals surface area contributed by atoms with Crippen molar-refractivity contribution in [2.24, 2.45) is 5.92 Å².